The number of carbonyl (C=O) groups is 2. The molecular formula is C31H55N3O49S8. The zero-order valence-corrected chi connectivity index (χ0v) is 50.6. The largest absolute Gasteiger partial charge is 0.481 e. The van der Waals surface area contributed by atoms with Crippen molar-refractivity contribution in [3.63, 3.8) is 0 Å². The maximum Gasteiger partial charge on any atom is 0.397 e. The van der Waals surface area contributed by atoms with Crippen LogP contribution in [0.25, 0.3) is 0 Å². The normalized spacial score (nSPS) is 35.0. The van der Waals surface area contributed by atoms with E-state index >= 15 is 0 Å². The van der Waals surface area contributed by atoms with E-state index in [0.717, 1.165) is 4.72 Å². The van der Waals surface area contributed by atoms with Gasteiger partial charge in [-0.15, -0.1) is 0 Å². The summed E-state index contributed by atoms with van der Waals surface area (Å²) in [5.41, 5.74) is 0. The van der Waals surface area contributed by atoms with Gasteiger partial charge in [-0.05, 0) is 0 Å². The molecule has 60 heteroatoms. The van der Waals surface area contributed by atoms with Gasteiger partial charge in [-0.3, -0.25) is 41.2 Å². The zero-order chi connectivity index (χ0) is 69.9. The van der Waals surface area contributed by atoms with Gasteiger partial charge in [-0.25, -0.2) is 25.7 Å². The van der Waals surface area contributed by atoms with Crippen LogP contribution in [-0.4, -0.2) is 336 Å². The fourth-order valence-electron chi connectivity index (χ4n) is 8.60. The second-order valence-corrected chi connectivity index (χ2v) is 27.4. The van der Waals surface area contributed by atoms with Crippen LogP contribution in [0.3, 0.4) is 0 Å². The minimum Gasteiger partial charge on any atom is -0.481 e. The van der Waals surface area contributed by atoms with Crippen molar-refractivity contribution in [2.24, 2.45) is 0 Å². The van der Waals surface area contributed by atoms with Gasteiger partial charge in [0.1, 0.15) is 97.5 Å². The fraction of sp³-hybridized carbons (Fsp3) is 0.935. The molecule has 0 amide bonds. The van der Waals surface area contributed by atoms with Crippen molar-refractivity contribution in [2.75, 3.05) is 26.9 Å². The van der Waals surface area contributed by atoms with Gasteiger partial charge in [0.25, 0.3) is 0 Å². The molecule has 0 saturated carbocycles. The van der Waals surface area contributed by atoms with E-state index in [1.54, 1.807) is 0 Å². The topological polar surface area (TPSA) is 816 Å². The second kappa shape index (κ2) is 31.2. The molecule has 0 radical (unpaired) electrons. The third-order valence-corrected chi connectivity index (χ3v) is 16.0. The van der Waals surface area contributed by atoms with Crippen LogP contribution in [0.2, 0.25) is 0 Å². The molecule has 4 aliphatic heterocycles. The lowest BCUT2D eigenvalue weighted by molar-refractivity contribution is -0.363. The Hall–Kier alpha value is -2.74. The molecule has 91 heavy (non-hydrogen) atoms. The predicted molar refractivity (Wildman–Crippen MR) is 264 cm³/mol. The van der Waals surface area contributed by atoms with Crippen molar-refractivity contribution < 1.29 is 223 Å². The SMILES string of the molecule is CO[C@H]1O[C@H](COS(=O)(=O)O)[C@@H](O[C@H](O)C(OS(=O)(=O)O)[C@H](O)[C@H](CC(=O)O)O[C@@H]2OC(COS(=O)(=O)O)[C@H](O[C@H]3O[C@H](C(=O)O)[C@@H](O[C@H]4O[C@H](COS(=O)(=O)O)[C@@H](O)C(O)C4NS(=O)(=O)O)C(O)C3O)[C@H](OS(=O)(=O)O)C2NS(=O)(=O)O)C(O)C1NS(=O)(=O)O. The van der Waals surface area contributed by atoms with Gasteiger partial charge < -0.3 is 88.6 Å². The molecule has 4 aliphatic rings. The summed E-state index contributed by atoms with van der Waals surface area (Å²) < 4.78 is 339. The van der Waals surface area contributed by atoms with Crippen molar-refractivity contribution in [2.45, 2.75) is 154 Å². The summed E-state index contributed by atoms with van der Waals surface area (Å²) in [5, 5.41) is 98.3. The zero-order valence-electron chi connectivity index (χ0n) is 44.1. The molecule has 0 aromatic carbocycles. The molecule has 20 N–H and O–H groups in total. The summed E-state index contributed by atoms with van der Waals surface area (Å²) in [4.78, 5) is 25.1. The maximum atomic E-state index is 12.8. The minimum absolute atomic E-state index is 0.717. The van der Waals surface area contributed by atoms with E-state index in [-0.39, 0.29) is 0 Å². The van der Waals surface area contributed by atoms with Crippen LogP contribution in [-0.2, 0) is 156 Å². The lowest BCUT2D eigenvalue weighted by Gasteiger charge is -2.49. The molecule has 0 bridgehead atoms. The van der Waals surface area contributed by atoms with Crippen LogP contribution in [0, 0.1) is 0 Å². The van der Waals surface area contributed by atoms with Gasteiger partial charge in [0.2, 0.25) is 0 Å². The molecule has 536 valence electrons. The van der Waals surface area contributed by atoms with E-state index in [1.807, 2.05) is 0 Å². The van der Waals surface area contributed by atoms with Crippen LogP contribution in [0.5, 0.6) is 0 Å². The van der Waals surface area contributed by atoms with Crippen LogP contribution >= 0.6 is 0 Å². The monoisotopic (exact) mass is 1510 g/mol. The Morgan fingerprint density at radius 3 is 1.34 bits per heavy atom. The lowest BCUT2D eigenvalue weighted by atomic mass is 9.95. The van der Waals surface area contributed by atoms with Crippen LogP contribution in [0.4, 0.5) is 0 Å². The second-order valence-electron chi connectivity index (χ2n) is 18.5. The number of nitrogens with one attached hydrogen (secondary N) is 3. The van der Waals surface area contributed by atoms with Crippen molar-refractivity contribution in [1.82, 2.24) is 14.2 Å². The van der Waals surface area contributed by atoms with Gasteiger partial charge in [-0.1, -0.05) is 0 Å². The average Bonchev–Trinajstić information content (AvgIpc) is 0.775. The lowest BCUT2D eigenvalue weighted by Crippen LogP contribution is -2.70. The number of carboxylic acid groups (broad SMARTS) is 2. The molecule has 4 fully saturated rings. The minimum atomic E-state index is -6.37. The summed E-state index contributed by atoms with van der Waals surface area (Å²) in [6, 6.07) is -8.22. The highest BCUT2D eigenvalue weighted by Crippen LogP contribution is 2.37. The smallest absolute Gasteiger partial charge is 0.397 e. The summed E-state index contributed by atoms with van der Waals surface area (Å²) >= 11 is 0. The molecule has 0 aliphatic carbocycles. The Morgan fingerprint density at radius 2 is 0.901 bits per heavy atom. The van der Waals surface area contributed by atoms with Crippen LogP contribution in [0.1, 0.15) is 6.42 Å². The Labute approximate surface area is 510 Å². The number of hydrogen-bond acceptors (Lipinski definition) is 39. The van der Waals surface area contributed by atoms with Crippen molar-refractivity contribution in [3.05, 3.63) is 0 Å². The third kappa shape index (κ3) is 25.3. The molecule has 4 heterocycles. The molecule has 52 nitrogen and oxygen atoms in total. The number of carboxylic acids is 2. The summed E-state index contributed by atoms with van der Waals surface area (Å²) in [5.74, 6) is -4.72. The van der Waals surface area contributed by atoms with Crippen LogP contribution in [0.15, 0.2) is 0 Å². The molecule has 4 saturated heterocycles. The van der Waals surface area contributed by atoms with Gasteiger partial charge in [-0.2, -0.15) is 81.5 Å². The number of methoxy groups -OCH3 is 1. The van der Waals surface area contributed by atoms with E-state index in [4.69, 9.17) is 47.2 Å². The first-order valence-electron chi connectivity index (χ1n) is 23.5. The highest BCUT2D eigenvalue weighted by molar-refractivity contribution is 7.84. The quantitative estimate of drug-likeness (QED) is 0.0210. The van der Waals surface area contributed by atoms with E-state index in [0.29, 0.717) is 7.11 Å². The molecule has 9 unspecified atom stereocenters. The summed E-state index contributed by atoms with van der Waals surface area (Å²) in [6.07, 6.45) is -63.6. The van der Waals surface area contributed by atoms with Crippen molar-refractivity contribution >= 4 is 94.8 Å². The van der Waals surface area contributed by atoms with Crippen molar-refractivity contribution in [3.8, 4) is 0 Å². The van der Waals surface area contributed by atoms with Crippen LogP contribution < -0.4 is 14.2 Å². The summed E-state index contributed by atoms with van der Waals surface area (Å²) in [6.45, 7) is -5.11. The Bertz CT molecular complexity index is 3430. The molecule has 24 atom stereocenters. The Balaban J connectivity index is 1.86. The Kier molecular flexibility index (Phi) is 27.7. The maximum absolute atomic E-state index is 12.8. The van der Waals surface area contributed by atoms with Gasteiger partial charge in [0.05, 0.1) is 32.3 Å². The van der Waals surface area contributed by atoms with Crippen molar-refractivity contribution in [1.29, 1.82) is 0 Å². The highest BCUT2D eigenvalue weighted by Gasteiger charge is 2.59. The Morgan fingerprint density at radius 1 is 0.462 bits per heavy atom. The first kappa shape index (κ1) is 80.7. The number of aliphatic hydroxyl groups is 7. The molecule has 0 spiro atoms. The fourth-order valence-corrected chi connectivity index (χ4v) is 12.3. The predicted octanol–water partition coefficient (Wildman–Crippen LogP) is -13.8. The van der Waals surface area contributed by atoms with Gasteiger partial charge >= 0.3 is 94.8 Å². The van der Waals surface area contributed by atoms with Gasteiger partial charge in [0, 0.05) is 7.11 Å². The molecule has 4 rings (SSSR count). The molecule has 0 aromatic heterocycles. The first-order valence-corrected chi connectivity index (χ1v) is 34.6. The number of aliphatic carboxylic acids is 2. The van der Waals surface area contributed by atoms with Gasteiger partial charge in [0.15, 0.2) is 43.7 Å². The highest BCUT2D eigenvalue weighted by atomic mass is 32.3. The number of ether oxygens (including phenoxy) is 9. The summed E-state index contributed by atoms with van der Waals surface area (Å²) in [7, 11) is -46.1. The van der Waals surface area contributed by atoms with E-state index in [9.17, 15) is 155 Å². The number of aliphatic hydroxyl groups excluding tert-OH is 7. The number of hydrogen-bond donors (Lipinski definition) is 20. The third-order valence-electron chi connectivity index (χ3n) is 12.1. The van der Waals surface area contributed by atoms with E-state index < -0.39 is 268 Å². The first-order chi connectivity index (χ1) is 41.1. The standard InChI is InChI=1S/C31H55N3O49S8/c1-70-28-12(33-85(49,50)51)17(40)20(8(76-28)4-72-88(58,59)60)78-27(45)24(83-91(67,68)69)15(38)6(2-10(35)36)74-30-13(34-86(52,53)54)22(82-90(64,65)66)21(9(77-30)5-73-89(61,62)63)79-31-19(42)18(41)23(25(81-31)26(43)44)80-29-11(32-84(46,47)48)16(39)14(37)7(75-29)3-71-87(55,56)57/h6-9,11-25,27-34,37-42,45H,2-5H2,1H3,(H,35,36)(H,43,44)(H,46,47,48)(H,49,50,51)(H,52,53,54)(H,55,56,57)(H,58,59,60)(H,61,62,63)(H,64,65,66)(H,67,68,69)/t6-,7+,8+,9?,11?,12?,13?,14+,15+,16?,17?,18?,19?,20+,21-,22+,23-,24?,25-,27-,28-,29+,30+,31-/m0/s1. The molecule has 0 aromatic rings. The molecular weight excluding hydrogens is 1450 g/mol. The van der Waals surface area contributed by atoms with E-state index in [1.165, 1.54) is 9.44 Å². The average molecular weight is 1510 g/mol. The number of rotatable bonds is 34. The van der Waals surface area contributed by atoms with E-state index in [2.05, 4.69) is 20.9 Å².